The SMILES string of the molecule is Cc1ccccc1-c1c[nH]c(=O)c2cc(N(C)CC(=O)N[C@H](C)C(N)=O)ccc12. The number of nitrogens with zero attached hydrogens (tertiary/aromatic N) is 1. The number of carbonyl (C=O) groups excluding carboxylic acids is 2. The molecule has 0 radical (unpaired) electrons. The first-order valence-corrected chi connectivity index (χ1v) is 9.29. The maximum absolute atomic E-state index is 12.5. The van der Waals surface area contributed by atoms with E-state index in [0.29, 0.717) is 11.1 Å². The van der Waals surface area contributed by atoms with Gasteiger partial charge in [-0.1, -0.05) is 30.3 Å². The van der Waals surface area contributed by atoms with Crippen molar-refractivity contribution < 1.29 is 9.59 Å². The number of anilines is 1. The van der Waals surface area contributed by atoms with Gasteiger partial charge in [-0.15, -0.1) is 0 Å². The number of hydrogen-bond donors (Lipinski definition) is 3. The average Bonchev–Trinajstić information content (AvgIpc) is 2.68. The van der Waals surface area contributed by atoms with Crippen molar-refractivity contribution in [2.45, 2.75) is 19.9 Å². The largest absolute Gasteiger partial charge is 0.368 e. The Kier molecular flexibility index (Phi) is 5.68. The Morgan fingerprint density at radius 1 is 1.14 bits per heavy atom. The fourth-order valence-corrected chi connectivity index (χ4v) is 3.25. The smallest absolute Gasteiger partial charge is 0.255 e. The minimum Gasteiger partial charge on any atom is -0.368 e. The maximum atomic E-state index is 12.5. The van der Waals surface area contributed by atoms with E-state index >= 15 is 0 Å². The number of aromatic nitrogens is 1. The predicted octanol–water partition coefficient (Wildman–Crippen LogP) is 1.93. The Morgan fingerprint density at radius 3 is 2.55 bits per heavy atom. The number of nitrogens with two attached hydrogens (primary N) is 1. The van der Waals surface area contributed by atoms with E-state index < -0.39 is 11.9 Å². The third-order valence-corrected chi connectivity index (χ3v) is 4.95. The summed E-state index contributed by atoms with van der Waals surface area (Å²) < 4.78 is 0. The van der Waals surface area contributed by atoms with Gasteiger partial charge in [-0.2, -0.15) is 0 Å². The molecule has 0 aliphatic rings. The summed E-state index contributed by atoms with van der Waals surface area (Å²) in [6.07, 6.45) is 1.73. The lowest BCUT2D eigenvalue weighted by Crippen LogP contribution is -2.45. The molecule has 150 valence electrons. The van der Waals surface area contributed by atoms with Crippen molar-refractivity contribution in [3.63, 3.8) is 0 Å². The standard InChI is InChI=1S/C22H24N4O3/c1-13-6-4-5-7-16(13)19-11-24-22(29)18-10-15(8-9-17(18)19)26(3)12-20(27)25-14(2)21(23)28/h4-11,14H,12H2,1-3H3,(H2,23,28)(H,24,29)(H,25,27)/t14-/m1/s1. The summed E-state index contributed by atoms with van der Waals surface area (Å²) >= 11 is 0. The van der Waals surface area contributed by atoms with Crippen LogP contribution in [0.3, 0.4) is 0 Å². The van der Waals surface area contributed by atoms with Crippen molar-refractivity contribution in [2.75, 3.05) is 18.5 Å². The zero-order valence-corrected chi connectivity index (χ0v) is 16.7. The van der Waals surface area contributed by atoms with Crippen LogP contribution in [0.4, 0.5) is 5.69 Å². The molecule has 0 unspecified atom stereocenters. The molecule has 1 atom stereocenters. The third kappa shape index (κ3) is 4.29. The number of rotatable bonds is 6. The van der Waals surface area contributed by atoms with E-state index in [-0.39, 0.29) is 18.0 Å². The van der Waals surface area contributed by atoms with Crippen LogP contribution in [-0.4, -0.2) is 36.4 Å². The lowest BCUT2D eigenvalue weighted by atomic mass is 9.97. The van der Waals surface area contributed by atoms with E-state index in [1.165, 1.54) is 6.92 Å². The summed E-state index contributed by atoms with van der Waals surface area (Å²) in [5.41, 5.74) is 8.80. The molecular formula is C22H24N4O3. The normalized spacial score (nSPS) is 11.8. The highest BCUT2D eigenvalue weighted by molar-refractivity contribution is 5.98. The highest BCUT2D eigenvalue weighted by atomic mass is 16.2. The summed E-state index contributed by atoms with van der Waals surface area (Å²) in [5.74, 6) is -0.927. The fourth-order valence-electron chi connectivity index (χ4n) is 3.25. The van der Waals surface area contributed by atoms with Crippen LogP contribution in [0.15, 0.2) is 53.5 Å². The highest BCUT2D eigenvalue weighted by Gasteiger charge is 2.15. The van der Waals surface area contributed by atoms with Crippen LogP contribution in [0.1, 0.15) is 12.5 Å². The van der Waals surface area contributed by atoms with Gasteiger partial charge in [-0.3, -0.25) is 14.4 Å². The summed E-state index contributed by atoms with van der Waals surface area (Å²) in [6, 6.07) is 12.8. The number of aryl methyl sites for hydroxylation is 1. The molecule has 2 amide bonds. The van der Waals surface area contributed by atoms with Gasteiger partial charge in [0, 0.05) is 29.9 Å². The first kappa shape index (κ1) is 20.1. The first-order chi connectivity index (χ1) is 13.8. The van der Waals surface area contributed by atoms with Crippen LogP contribution in [-0.2, 0) is 9.59 Å². The lowest BCUT2D eigenvalue weighted by molar-refractivity contribution is -0.126. The molecule has 0 saturated carbocycles. The van der Waals surface area contributed by atoms with Gasteiger partial charge in [0.2, 0.25) is 11.8 Å². The van der Waals surface area contributed by atoms with E-state index in [1.807, 2.05) is 43.3 Å². The second-order valence-corrected chi connectivity index (χ2v) is 7.12. The number of amides is 2. The van der Waals surface area contributed by atoms with Crippen LogP contribution in [0.5, 0.6) is 0 Å². The molecule has 3 rings (SSSR count). The van der Waals surface area contributed by atoms with Crippen molar-refractivity contribution in [2.24, 2.45) is 5.73 Å². The molecule has 0 aliphatic carbocycles. The second kappa shape index (κ2) is 8.18. The summed E-state index contributed by atoms with van der Waals surface area (Å²) in [6.45, 7) is 3.58. The van der Waals surface area contributed by atoms with Crippen LogP contribution in [0.2, 0.25) is 0 Å². The molecule has 7 nitrogen and oxygen atoms in total. The van der Waals surface area contributed by atoms with Crippen molar-refractivity contribution >= 4 is 28.3 Å². The van der Waals surface area contributed by atoms with E-state index in [2.05, 4.69) is 10.3 Å². The van der Waals surface area contributed by atoms with E-state index in [9.17, 15) is 14.4 Å². The third-order valence-electron chi connectivity index (χ3n) is 4.95. The molecule has 1 aromatic heterocycles. The molecule has 3 aromatic rings. The molecule has 7 heteroatoms. The van der Waals surface area contributed by atoms with Crippen LogP contribution >= 0.6 is 0 Å². The van der Waals surface area contributed by atoms with Crippen LogP contribution in [0, 0.1) is 6.92 Å². The summed E-state index contributed by atoms with van der Waals surface area (Å²) in [7, 11) is 1.75. The summed E-state index contributed by atoms with van der Waals surface area (Å²) in [4.78, 5) is 40.2. The van der Waals surface area contributed by atoms with Gasteiger partial charge in [-0.25, -0.2) is 0 Å². The second-order valence-electron chi connectivity index (χ2n) is 7.12. The van der Waals surface area contributed by atoms with Gasteiger partial charge in [0.25, 0.3) is 5.56 Å². The Bertz CT molecular complexity index is 1140. The topological polar surface area (TPSA) is 108 Å². The van der Waals surface area contributed by atoms with Crippen LogP contribution in [0.25, 0.3) is 21.9 Å². The lowest BCUT2D eigenvalue weighted by Gasteiger charge is -2.20. The average molecular weight is 392 g/mol. The number of fused-ring (bicyclic) bond motifs is 1. The van der Waals surface area contributed by atoms with Gasteiger partial charge in [0.15, 0.2) is 0 Å². The number of carbonyl (C=O) groups is 2. The van der Waals surface area contributed by atoms with Crippen LogP contribution < -0.4 is 21.5 Å². The summed E-state index contributed by atoms with van der Waals surface area (Å²) in [5, 5.41) is 3.92. The Hall–Kier alpha value is -3.61. The fraction of sp³-hybridized carbons (Fsp3) is 0.227. The number of hydrogen-bond acceptors (Lipinski definition) is 4. The van der Waals surface area contributed by atoms with Gasteiger partial charge in [0.1, 0.15) is 6.04 Å². The number of likely N-dealkylation sites (N-methyl/N-ethyl adjacent to an activating group) is 1. The maximum Gasteiger partial charge on any atom is 0.255 e. The van der Waals surface area contributed by atoms with E-state index in [4.69, 9.17) is 5.73 Å². The quantitative estimate of drug-likeness (QED) is 0.596. The number of pyridine rings is 1. The molecule has 0 fully saturated rings. The number of nitrogens with one attached hydrogen (secondary N) is 2. The monoisotopic (exact) mass is 392 g/mol. The van der Waals surface area contributed by atoms with Crippen molar-refractivity contribution in [1.82, 2.24) is 10.3 Å². The van der Waals surface area contributed by atoms with Gasteiger partial charge < -0.3 is 20.9 Å². The molecule has 2 aromatic carbocycles. The predicted molar refractivity (Wildman–Crippen MR) is 115 cm³/mol. The molecule has 0 saturated heterocycles. The molecule has 0 bridgehead atoms. The zero-order chi connectivity index (χ0) is 21.1. The van der Waals surface area contributed by atoms with E-state index in [1.54, 1.807) is 24.2 Å². The van der Waals surface area contributed by atoms with E-state index in [0.717, 1.165) is 22.1 Å². The highest BCUT2D eigenvalue weighted by Crippen LogP contribution is 2.30. The number of primary amides is 1. The zero-order valence-electron chi connectivity index (χ0n) is 16.7. The Morgan fingerprint density at radius 2 is 1.86 bits per heavy atom. The minimum atomic E-state index is -0.744. The Balaban J connectivity index is 1.93. The number of H-pyrrole nitrogens is 1. The molecule has 4 N–H and O–H groups in total. The van der Waals surface area contributed by atoms with Crippen molar-refractivity contribution in [1.29, 1.82) is 0 Å². The molecule has 0 spiro atoms. The minimum absolute atomic E-state index is 0.0263. The molecule has 1 heterocycles. The van der Waals surface area contributed by atoms with Gasteiger partial charge in [-0.05, 0) is 42.5 Å². The van der Waals surface area contributed by atoms with Gasteiger partial charge in [0.05, 0.1) is 6.54 Å². The van der Waals surface area contributed by atoms with Gasteiger partial charge >= 0.3 is 0 Å². The molecule has 0 aliphatic heterocycles. The first-order valence-electron chi connectivity index (χ1n) is 9.29. The molecular weight excluding hydrogens is 368 g/mol. The van der Waals surface area contributed by atoms with Crippen molar-refractivity contribution in [3.8, 4) is 11.1 Å². The number of aromatic amines is 1. The Labute approximate surface area is 168 Å². The number of benzene rings is 2. The molecule has 29 heavy (non-hydrogen) atoms. The van der Waals surface area contributed by atoms with Crippen molar-refractivity contribution in [3.05, 3.63) is 64.6 Å².